The average Bonchev–Trinajstić information content (AvgIpc) is 2.55. The summed E-state index contributed by atoms with van der Waals surface area (Å²) in [7, 11) is 0. The lowest BCUT2D eigenvalue weighted by atomic mass is 9.74. The topological polar surface area (TPSA) is 45.6 Å². The van der Waals surface area contributed by atoms with Gasteiger partial charge in [0.1, 0.15) is 6.04 Å². The number of carbonyl (C=O) groups is 1. The first-order valence-electron chi connectivity index (χ1n) is 8.30. The van der Waals surface area contributed by atoms with Crippen molar-refractivity contribution in [2.24, 2.45) is 11.8 Å². The molecule has 3 saturated heterocycles. The molecule has 1 aromatic carbocycles. The molecule has 3 aliphatic heterocycles. The van der Waals surface area contributed by atoms with E-state index in [9.17, 15) is 4.79 Å². The van der Waals surface area contributed by atoms with E-state index in [0.717, 1.165) is 28.5 Å². The molecule has 3 heterocycles. The monoisotopic (exact) mass is 366 g/mol. The smallest absolute Gasteiger partial charge is 0.319 e. The zero-order valence-electron chi connectivity index (χ0n) is 13.1. The summed E-state index contributed by atoms with van der Waals surface area (Å²) in [5.74, 6) is 1.78. The summed E-state index contributed by atoms with van der Waals surface area (Å²) in [5.41, 5.74) is 0.824. The van der Waals surface area contributed by atoms with Gasteiger partial charge >= 0.3 is 6.03 Å². The lowest BCUT2D eigenvalue weighted by Crippen LogP contribution is -3.20. The molecule has 4 nitrogen and oxygen atoms in total. The summed E-state index contributed by atoms with van der Waals surface area (Å²) in [6.07, 6.45) is 3.94. The minimum atomic E-state index is -0.101. The standard InChI is InChI=1S/C17H24BrN3O/c1-2-12-11-21-8-7-13(12)9-16(21)10-19-17(22)20-15-5-3-14(18)4-6-15/h3-6,12-13,16H,2,7-11H2,1H3,(H2,19,20,22)/p+1/t12-,13-,16+/m0/s1. The summed E-state index contributed by atoms with van der Waals surface area (Å²) >= 11 is 3.39. The molecule has 120 valence electrons. The Balaban J connectivity index is 1.47. The molecule has 2 amide bonds. The number of halogens is 1. The first kappa shape index (κ1) is 15.8. The molecule has 5 heteroatoms. The zero-order valence-corrected chi connectivity index (χ0v) is 14.7. The van der Waals surface area contributed by atoms with Crippen molar-refractivity contribution in [2.75, 3.05) is 25.0 Å². The number of fused-ring (bicyclic) bond motifs is 3. The molecule has 2 bridgehead atoms. The van der Waals surface area contributed by atoms with Crippen LogP contribution in [-0.2, 0) is 0 Å². The number of urea groups is 1. The van der Waals surface area contributed by atoms with Gasteiger partial charge in [0.05, 0.1) is 19.6 Å². The van der Waals surface area contributed by atoms with Crippen molar-refractivity contribution in [2.45, 2.75) is 32.2 Å². The number of nitrogens with one attached hydrogen (secondary N) is 3. The van der Waals surface area contributed by atoms with Crippen molar-refractivity contribution in [1.29, 1.82) is 0 Å². The molecule has 0 radical (unpaired) electrons. The Bertz CT molecular complexity index is 519. The maximum Gasteiger partial charge on any atom is 0.319 e. The van der Waals surface area contributed by atoms with Gasteiger partial charge in [-0.2, -0.15) is 0 Å². The van der Waals surface area contributed by atoms with Gasteiger partial charge in [-0.15, -0.1) is 0 Å². The van der Waals surface area contributed by atoms with Gasteiger partial charge in [0.15, 0.2) is 0 Å². The summed E-state index contributed by atoms with van der Waals surface area (Å²) < 4.78 is 1.01. The molecule has 0 aliphatic carbocycles. The third kappa shape index (κ3) is 3.63. The molecule has 4 rings (SSSR count). The van der Waals surface area contributed by atoms with E-state index in [1.165, 1.54) is 32.4 Å². The number of rotatable bonds is 4. The Hall–Kier alpha value is -1.07. The van der Waals surface area contributed by atoms with Crippen LogP contribution >= 0.6 is 15.9 Å². The van der Waals surface area contributed by atoms with Crippen LogP contribution in [0.1, 0.15) is 26.2 Å². The van der Waals surface area contributed by atoms with E-state index in [4.69, 9.17) is 0 Å². The zero-order chi connectivity index (χ0) is 15.5. The van der Waals surface area contributed by atoms with Crippen molar-refractivity contribution < 1.29 is 9.69 Å². The van der Waals surface area contributed by atoms with Crippen LogP contribution in [0.2, 0.25) is 0 Å². The number of anilines is 1. The van der Waals surface area contributed by atoms with Crippen LogP contribution in [0.5, 0.6) is 0 Å². The Morgan fingerprint density at radius 3 is 2.77 bits per heavy atom. The van der Waals surface area contributed by atoms with Gasteiger partial charge in [0, 0.05) is 28.9 Å². The number of benzene rings is 1. The van der Waals surface area contributed by atoms with Crippen LogP contribution in [0.4, 0.5) is 10.5 Å². The summed E-state index contributed by atoms with van der Waals surface area (Å²) in [6.45, 7) is 5.67. The molecule has 3 fully saturated rings. The van der Waals surface area contributed by atoms with Gasteiger partial charge in [-0.05, 0) is 36.6 Å². The molecule has 4 atom stereocenters. The van der Waals surface area contributed by atoms with E-state index in [0.29, 0.717) is 6.04 Å². The number of piperidine rings is 3. The van der Waals surface area contributed by atoms with Gasteiger partial charge in [0.2, 0.25) is 0 Å². The largest absolute Gasteiger partial charge is 0.332 e. The Morgan fingerprint density at radius 1 is 1.36 bits per heavy atom. The maximum absolute atomic E-state index is 12.0. The highest BCUT2D eigenvalue weighted by atomic mass is 79.9. The molecule has 0 spiro atoms. The molecule has 0 aromatic heterocycles. The van der Waals surface area contributed by atoms with E-state index < -0.39 is 0 Å². The molecule has 3 aliphatic rings. The van der Waals surface area contributed by atoms with E-state index >= 15 is 0 Å². The lowest BCUT2D eigenvalue weighted by molar-refractivity contribution is -0.945. The van der Waals surface area contributed by atoms with E-state index in [1.54, 1.807) is 4.90 Å². The summed E-state index contributed by atoms with van der Waals surface area (Å²) in [4.78, 5) is 13.7. The summed E-state index contributed by atoms with van der Waals surface area (Å²) in [5, 5.41) is 5.94. The highest BCUT2D eigenvalue weighted by Crippen LogP contribution is 2.28. The molecule has 1 aromatic rings. The van der Waals surface area contributed by atoms with Gasteiger partial charge in [-0.3, -0.25) is 0 Å². The first-order chi connectivity index (χ1) is 10.7. The van der Waals surface area contributed by atoms with Crippen LogP contribution in [0.15, 0.2) is 28.7 Å². The van der Waals surface area contributed by atoms with Crippen molar-refractivity contribution >= 4 is 27.6 Å². The fourth-order valence-electron chi connectivity index (χ4n) is 4.05. The van der Waals surface area contributed by atoms with Gasteiger partial charge in [-0.25, -0.2) is 4.79 Å². The SMILES string of the molecule is CC[C@H]1C[NH+]2CC[C@H]1C[C@@H]2CNC(=O)Nc1ccc(Br)cc1. The van der Waals surface area contributed by atoms with E-state index in [2.05, 4.69) is 33.5 Å². The fraction of sp³-hybridized carbons (Fsp3) is 0.588. The quantitative estimate of drug-likeness (QED) is 0.751. The Labute approximate surface area is 140 Å². The molecule has 22 heavy (non-hydrogen) atoms. The molecular formula is C17H25BrN3O+. The van der Waals surface area contributed by atoms with Crippen molar-refractivity contribution in [3.05, 3.63) is 28.7 Å². The van der Waals surface area contributed by atoms with Crippen molar-refractivity contribution in [1.82, 2.24) is 5.32 Å². The fourth-order valence-corrected chi connectivity index (χ4v) is 4.32. The van der Waals surface area contributed by atoms with Crippen LogP contribution < -0.4 is 15.5 Å². The van der Waals surface area contributed by atoms with E-state index in [-0.39, 0.29) is 6.03 Å². The predicted octanol–water partition coefficient (Wildman–Crippen LogP) is 2.27. The first-order valence-corrected chi connectivity index (χ1v) is 9.10. The number of amides is 2. The number of hydrogen-bond acceptors (Lipinski definition) is 1. The van der Waals surface area contributed by atoms with Gasteiger partial charge in [0.25, 0.3) is 0 Å². The molecular weight excluding hydrogens is 342 g/mol. The normalized spacial score (nSPS) is 30.1. The number of carbonyl (C=O) groups excluding carboxylic acids is 1. The van der Waals surface area contributed by atoms with Crippen LogP contribution in [0, 0.1) is 11.8 Å². The highest BCUT2D eigenvalue weighted by Gasteiger charge is 2.42. The lowest BCUT2D eigenvalue weighted by Gasteiger charge is -2.46. The third-order valence-electron chi connectivity index (χ3n) is 5.33. The Morgan fingerprint density at radius 2 is 2.14 bits per heavy atom. The molecule has 1 unspecified atom stereocenters. The van der Waals surface area contributed by atoms with E-state index in [1.807, 2.05) is 24.3 Å². The second kappa shape index (κ2) is 7.01. The van der Waals surface area contributed by atoms with Crippen molar-refractivity contribution in [3.8, 4) is 0 Å². The predicted molar refractivity (Wildman–Crippen MR) is 92.2 cm³/mol. The number of quaternary nitrogens is 1. The van der Waals surface area contributed by atoms with Gasteiger partial charge < -0.3 is 15.5 Å². The third-order valence-corrected chi connectivity index (χ3v) is 5.86. The second-order valence-corrected chi connectivity index (χ2v) is 7.52. The molecule has 3 N–H and O–H groups in total. The minimum absolute atomic E-state index is 0.101. The van der Waals surface area contributed by atoms with Crippen LogP contribution in [0.25, 0.3) is 0 Å². The van der Waals surface area contributed by atoms with Gasteiger partial charge in [-0.1, -0.05) is 22.9 Å². The maximum atomic E-state index is 12.0. The molecule has 0 saturated carbocycles. The van der Waals surface area contributed by atoms with Crippen molar-refractivity contribution in [3.63, 3.8) is 0 Å². The van der Waals surface area contributed by atoms with Crippen LogP contribution in [-0.4, -0.2) is 31.7 Å². The van der Waals surface area contributed by atoms with Crippen LogP contribution in [0.3, 0.4) is 0 Å². The minimum Gasteiger partial charge on any atom is -0.332 e. The Kier molecular flexibility index (Phi) is 5.03. The summed E-state index contributed by atoms with van der Waals surface area (Å²) in [6, 6.07) is 8.14. The number of hydrogen-bond donors (Lipinski definition) is 3. The highest BCUT2D eigenvalue weighted by molar-refractivity contribution is 9.10. The second-order valence-electron chi connectivity index (χ2n) is 6.60. The average molecular weight is 367 g/mol.